The molecule has 1 heterocycles. The number of rotatable bonds is 4. The van der Waals surface area contributed by atoms with Gasteiger partial charge < -0.3 is 10.6 Å². The minimum absolute atomic E-state index is 0.200. The van der Waals surface area contributed by atoms with Crippen LogP contribution in [0.15, 0.2) is 11.6 Å². The highest BCUT2D eigenvalue weighted by Crippen LogP contribution is 2.19. The first-order valence-electron chi connectivity index (χ1n) is 6.52. The van der Waals surface area contributed by atoms with E-state index in [0.29, 0.717) is 0 Å². The van der Waals surface area contributed by atoms with E-state index in [4.69, 9.17) is 0 Å². The van der Waals surface area contributed by atoms with Gasteiger partial charge in [0.15, 0.2) is 0 Å². The minimum Gasteiger partial charge on any atom is -0.356 e. The summed E-state index contributed by atoms with van der Waals surface area (Å²) in [7, 11) is 0. The molecule has 3 heteroatoms. The molecule has 1 fully saturated rings. The summed E-state index contributed by atoms with van der Waals surface area (Å²) in [5.41, 5.74) is 1.53. The van der Waals surface area contributed by atoms with Gasteiger partial charge in [-0.15, -0.1) is 0 Å². The van der Waals surface area contributed by atoms with Crippen LogP contribution >= 0.6 is 0 Å². The van der Waals surface area contributed by atoms with E-state index in [1.807, 2.05) is 0 Å². The largest absolute Gasteiger partial charge is 0.356 e. The van der Waals surface area contributed by atoms with E-state index in [9.17, 15) is 4.79 Å². The molecule has 0 aromatic heterocycles. The van der Waals surface area contributed by atoms with E-state index in [0.717, 1.165) is 38.9 Å². The monoisotopic (exact) mass is 222 g/mol. The summed E-state index contributed by atoms with van der Waals surface area (Å²) in [6.45, 7) is 2.74. The predicted molar refractivity (Wildman–Crippen MR) is 65.2 cm³/mol. The molecule has 3 nitrogen and oxygen atoms in total. The van der Waals surface area contributed by atoms with Crippen molar-refractivity contribution >= 4 is 5.91 Å². The molecule has 1 saturated heterocycles. The van der Waals surface area contributed by atoms with Gasteiger partial charge in [-0.2, -0.15) is 0 Å². The fraction of sp³-hybridized carbons (Fsp3) is 0.769. The molecule has 0 aromatic rings. The maximum absolute atomic E-state index is 11.8. The Balaban J connectivity index is 1.63. The zero-order valence-electron chi connectivity index (χ0n) is 9.93. The molecule has 0 radical (unpaired) electrons. The van der Waals surface area contributed by atoms with Crippen molar-refractivity contribution in [1.29, 1.82) is 0 Å². The molecule has 1 atom stereocenters. The number of amides is 1. The van der Waals surface area contributed by atoms with Gasteiger partial charge in [0.25, 0.3) is 0 Å². The number of hydrogen-bond acceptors (Lipinski definition) is 2. The summed E-state index contributed by atoms with van der Waals surface area (Å²) < 4.78 is 0. The van der Waals surface area contributed by atoms with Crippen LogP contribution in [0.2, 0.25) is 0 Å². The molecule has 2 N–H and O–H groups in total. The number of carbonyl (C=O) groups excluding carboxylic acids is 1. The number of nitrogens with one attached hydrogen (secondary N) is 2. The van der Waals surface area contributed by atoms with E-state index >= 15 is 0 Å². The van der Waals surface area contributed by atoms with Crippen LogP contribution in [-0.4, -0.2) is 25.5 Å². The molecule has 0 spiro atoms. The summed E-state index contributed by atoms with van der Waals surface area (Å²) >= 11 is 0. The second-order valence-electron chi connectivity index (χ2n) is 4.84. The highest BCUT2D eigenvalue weighted by atomic mass is 16.1. The first kappa shape index (κ1) is 11.6. The van der Waals surface area contributed by atoms with Crippen molar-refractivity contribution in [3.8, 4) is 0 Å². The number of piperidine rings is 1. The molecule has 2 rings (SSSR count). The van der Waals surface area contributed by atoms with Gasteiger partial charge in [-0.1, -0.05) is 11.6 Å². The quantitative estimate of drug-likeness (QED) is 0.709. The second kappa shape index (κ2) is 6.04. The van der Waals surface area contributed by atoms with Gasteiger partial charge in [0.05, 0.1) is 5.92 Å². The topological polar surface area (TPSA) is 41.1 Å². The van der Waals surface area contributed by atoms with Crippen molar-refractivity contribution in [2.75, 3.05) is 19.6 Å². The van der Waals surface area contributed by atoms with E-state index < -0.39 is 0 Å². The van der Waals surface area contributed by atoms with Crippen molar-refractivity contribution in [3.05, 3.63) is 11.6 Å². The fourth-order valence-corrected chi connectivity index (χ4v) is 2.53. The van der Waals surface area contributed by atoms with Gasteiger partial charge >= 0.3 is 0 Å². The molecule has 1 aliphatic heterocycles. The van der Waals surface area contributed by atoms with Gasteiger partial charge in [0, 0.05) is 13.1 Å². The Morgan fingerprint density at radius 1 is 1.50 bits per heavy atom. The minimum atomic E-state index is 0.200. The van der Waals surface area contributed by atoms with Crippen LogP contribution in [0, 0.1) is 5.92 Å². The van der Waals surface area contributed by atoms with Crippen LogP contribution in [0.4, 0.5) is 0 Å². The van der Waals surface area contributed by atoms with Crippen molar-refractivity contribution in [1.82, 2.24) is 10.6 Å². The summed E-state index contributed by atoms with van der Waals surface area (Å²) in [6, 6.07) is 0. The lowest BCUT2D eigenvalue weighted by Crippen LogP contribution is -2.40. The van der Waals surface area contributed by atoms with Crippen molar-refractivity contribution in [2.45, 2.75) is 38.5 Å². The molecule has 0 bridgehead atoms. The highest BCUT2D eigenvalue weighted by Gasteiger charge is 2.20. The fourth-order valence-electron chi connectivity index (χ4n) is 2.53. The predicted octanol–water partition coefficient (Wildman–Crippen LogP) is 1.60. The van der Waals surface area contributed by atoms with Crippen molar-refractivity contribution in [2.24, 2.45) is 5.92 Å². The molecule has 2 aliphatic rings. The lowest BCUT2D eigenvalue weighted by Gasteiger charge is -2.21. The van der Waals surface area contributed by atoms with E-state index in [1.165, 1.54) is 24.8 Å². The second-order valence-corrected chi connectivity index (χ2v) is 4.84. The third-order valence-electron chi connectivity index (χ3n) is 3.55. The van der Waals surface area contributed by atoms with Crippen molar-refractivity contribution in [3.63, 3.8) is 0 Å². The van der Waals surface area contributed by atoms with Crippen LogP contribution in [0.25, 0.3) is 0 Å². The van der Waals surface area contributed by atoms with Crippen molar-refractivity contribution < 1.29 is 4.79 Å². The number of allylic oxidation sites excluding steroid dienone is 1. The summed E-state index contributed by atoms with van der Waals surface area (Å²) in [4.78, 5) is 11.8. The Morgan fingerprint density at radius 2 is 2.44 bits per heavy atom. The standard InChI is InChI=1S/C13H22N2O/c16-13(12-6-3-8-14-10-12)15-9-7-11-4-1-2-5-11/h4,12,14H,1-3,5-10H2,(H,15,16)/t12-/m1/s1. The molecule has 16 heavy (non-hydrogen) atoms. The normalized spacial score (nSPS) is 25.2. The Kier molecular flexibility index (Phi) is 4.40. The van der Waals surface area contributed by atoms with Gasteiger partial charge in [-0.3, -0.25) is 4.79 Å². The molecule has 0 aromatic carbocycles. The van der Waals surface area contributed by atoms with Crippen LogP contribution in [0.1, 0.15) is 38.5 Å². The zero-order chi connectivity index (χ0) is 11.2. The Hall–Kier alpha value is -0.830. The SMILES string of the molecule is O=C(NCCC1=CCCC1)[C@@H]1CCCNC1. The first-order valence-corrected chi connectivity index (χ1v) is 6.52. The molecule has 1 aliphatic carbocycles. The van der Waals surface area contributed by atoms with E-state index in [1.54, 1.807) is 0 Å². The van der Waals surface area contributed by atoms with Gasteiger partial charge in [0.1, 0.15) is 0 Å². The van der Waals surface area contributed by atoms with Crippen LogP contribution in [0.5, 0.6) is 0 Å². The van der Waals surface area contributed by atoms with Gasteiger partial charge in [-0.25, -0.2) is 0 Å². The van der Waals surface area contributed by atoms with Crippen LogP contribution in [0.3, 0.4) is 0 Å². The van der Waals surface area contributed by atoms with E-state index in [2.05, 4.69) is 16.7 Å². The molecule has 90 valence electrons. The molecule has 0 unspecified atom stereocenters. The summed E-state index contributed by atoms with van der Waals surface area (Å²) in [6.07, 6.45) is 9.32. The third-order valence-corrected chi connectivity index (χ3v) is 3.55. The Labute approximate surface area is 97.7 Å². The lowest BCUT2D eigenvalue weighted by atomic mass is 9.99. The number of carbonyl (C=O) groups is 1. The third kappa shape index (κ3) is 3.34. The molecule has 0 saturated carbocycles. The van der Waals surface area contributed by atoms with Crippen LogP contribution in [-0.2, 0) is 4.79 Å². The molecular formula is C13H22N2O. The maximum atomic E-state index is 11.8. The van der Waals surface area contributed by atoms with Gasteiger partial charge in [0.2, 0.25) is 5.91 Å². The first-order chi connectivity index (χ1) is 7.86. The van der Waals surface area contributed by atoms with E-state index in [-0.39, 0.29) is 11.8 Å². The Morgan fingerprint density at radius 3 is 3.12 bits per heavy atom. The smallest absolute Gasteiger partial charge is 0.224 e. The number of hydrogen-bond donors (Lipinski definition) is 2. The Bertz CT molecular complexity index is 267. The summed E-state index contributed by atoms with van der Waals surface area (Å²) in [5.74, 6) is 0.442. The molecular weight excluding hydrogens is 200 g/mol. The highest BCUT2D eigenvalue weighted by molar-refractivity contribution is 5.78. The zero-order valence-corrected chi connectivity index (χ0v) is 9.93. The maximum Gasteiger partial charge on any atom is 0.224 e. The average Bonchev–Trinajstić information content (AvgIpc) is 2.83. The molecule has 1 amide bonds. The van der Waals surface area contributed by atoms with Gasteiger partial charge in [-0.05, 0) is 45.1 Å². The van der Waals surface area contributed by atoms with Crippen LogP contribution < -0.4 is 10.6 Å². The lowest BCUT2D eigenvalue weighted by molar-refractivity contribution is -0.125. The summed E-state index contributed by atoms with van der Waals surface area (Å²) in [5, 5.41) is 6.33. The average molecular weight is 222 g/mol.